The molecule has 0 bridgehead atoms. The number of hydrogen-bond donors (Lipinski definition) is 3. The van der Waals surface area contributed by atoms with E-state index < -0.39 is 11.2 Å². The number of carbonyl (C=O) groups excluding carboxylic acids is 1. The minimum atomic E-state index is -0.658. The van der Waals surface area contributed by atoms with Crippen LogP contribution in [0.15, 0.2) is 62.7 Å². The molecule has 0 aliphatic rings. The number of rotatable bonds is 6. The summed E-state index contributed by atoms with van der Waals surface area (Å²) in [5.41, 5.74) is 5.75. The molecule has 0 saturated heterocycles. The molecule has 0 radical (unpaired) electrons. The number of likely N-dealkylation sites (N-methyl/N-ethyl adjacent to an activating group) is 1. The molecule has 150 valence electrons. The lowest BCUT2D eigenvalue weighted by Gasteiger charge is -2.21. The molecule has 0 aliphatic heterocycles. The molecule has 1 amide bonds. The molecular weight excluding hydrogens is 440 g/mol. The number of amides is 1. The van der Waals surface area contributed by atoms with Crippen molar-refractivity contribution in [2.45, 2.75) is 6.54 Å². The molecule has 4 N–H and O–H groups in total. The van der Waals surface area contributed by atoms with Gasteiger partial charge in [-0.05, 0) is 33.6 Å². The summed E-state index contributed by atoms with van der Waals surface area (Å²) in [6.45, 7) is 0.0344. The van der Waals surface area contributed by atoms with Gasteiger partial charge in [0.15, 0.2) is 0 Å². The van der Waals surface area contributed by atoms with Crippen molar-refractivity contribution in [3.05, 3.63) is 79.5 Å². The monoisotopic (exact) mass is 458 g/mol. The van der Waals surface area contributed by atoms with Crippen molar-refractivity contribution in [2.75, 3.05) is 29.5 Å². The maximum Gasteiger partial charge on any atom is 0.330 e. The molecule has 0 fully saturated rings. The molecule has 0 spiro atoms. The van der Waals surface area contributed by atoms with Crippen molar-refractivity contribution in [2.24, 2.45) is 0 Å². The molecule has 2 aromatic heterocycles. The smallest absolute Gasteiger partial charge is 0.330 e. The fourth-order valence-corrected chi connectivity index (χ4v) is 3.03. The quantitative estimate of drug-likeness (QED) is 0.512. The third-order valence-electron chi connectivity index (χ3n) is 4.15. The minimum absolute atomic E-state index is 0.0142. The Morgan fingerprint density at radius 2 is 1.97 bits per heavy atom. The number of pyridine rings is 1. The van der Waals surface area contributed by atoms with Gasteiger partial charge in [-0.15, -0.1) is 0 Å². The van der Waals surface area contributed by atoms with Gasteiger partial charge in [-0.2, -0.15) is 0 Å². The Kier molecular flexibility index (Phi) is 6.13. The van der Waals surface area contributed by atoms with Crippen molar-refractivity contribution in [3.8, 4) is 0 Å². The first-order valence-corrected chi connectivity index (χ1v) is 9.43. The average Bonchev–Trinajstić information content (AvgIpc) is 2.67. The molecule has 9 nitrogen and oxygen atoms in total. The molecule has 3 rings (SSSR count). The van der Waals surface area contributed by atoms with E-state index in [2.05, 4.69) is 31.2 Å². The average molecular weight is 459 g/mol. The molecule has 1 aromatic carbocycles. The van der Waals surface area contributed by atoms with Crippen LogP contribution in [-0.4, -0.2) is 34.0 Å². The molecule has 29 heavy (non-hydrogen) atoms. The van der Waals surface area contributed by atoms with Gasteiger partial charge in [0.25, 0.3) is 5.56 Å². The van der Waals surface area contributed by atoms with E-state index in [1.165, 1.54) is 9.47 Å². The highest BCUT2D eigenvalue weighted by atomic mass is 79.9. The van der Waals surface area contributed by atoms with Gasteiger partial charge in [0.1, 0.15) is 17.3 Å². The second-order valence-electron chi connectivity index (χ2n) is 6.33. The maximum absolute atomic E-state index is 12.3. The van der Waals surface area contributed by atoms with Crippen LogP contribution in [0.25, 0.3) is 0 Å². The lowest BCUT2D eigenvalue weighted by molar-refractivity contribution is -0.114. The second-order valence-corrected chi connectivity index (χ2v) is 7.25. The van der Waals surface area contributed by atoms with Gasteiger partial charge in [0.2, 0.25) is 5.91 Å². The van der Waals surface area contributed by atoms with Crippen LogP contribution in [0.4, 0.5) is 17.3 Å². The molecular formula is C19H19BrN6O3. The minimum Gasteiger partial charge on any atom is -0.383 e. The topological polar surface area (TPSA) is 126 Å². The summed E-state index contributed by atoms with van der Waals surface area (Å²) < 4.78 is 2.05. The molecule has 0 atom stereocenters. The molecule has 0 unspecified atom stereocenters. The van der Waals surface area contributed by atoms with E-state index in [0.29, 0.717) is 5.82 Å². The Balaban J connectivity index is 1.82. The van der Waals surface area contributed by atoms with Gasteiger partial charge >= 0.3 is 5.69 Å². The largest absolute Gasteiger partial charge is 0.383 e. The fraction of sp³-hybridized carbons (Fsp3) is 0.158. The Morgan fingerprint density at radius 3 is 2.62 bits per heavy atom. The van der Waals surface area contributed by atoms with Gasteiger partial charge in [-0.25, -0.2) is 9.78 Å². The lowest BCUT2D eigenvalue weighted by atomic mass is 10.2. The molecule has 0 aliphatic carbocycles. The van der Waals surface area contributed by atoms with Crippen LogP contribution in [0, 0.1) is 0 Å². The maximum atomic E-state index is 12.3. The van der Waals surface area contributed by atoms with Crippen molar-refractivity contribution in [1.82, 2.24) is 14.5 Å². The zero-order valence-electron chi connectivity index (χ0n) is 15.6. The van der Waals surface area contributed by atoms with E-state index >= 15 is 0 Å². The number of nitrogens with one attached hydrogen (secondary N) is 2. The van der Waals surface area contributed by atoms with E-state index in [4.69, 9.17) is 5.73 Å². The van der Waals surface area contributed by atoms with Crippen LogP contribution >= 0.6 is 15.9 Å². The number of nitrogens with zero attached hydrogens (tertiary/aromatic N) is 3. The highest BCUT2D eigenvalue weighted by Crippen LogP contribution is 2.16. The first-order chi connectivity index (χ1) is 13.8. The number of halogens is 1. The van der Waals surface area contributed by atoms with E-state index in [0.717, 1.165) is 10.0 Å². The number of nitrogens with two attached hydrogens (primary N) is 1. The number of H-pyrrole nitrogens is 1. The molecule has 3 aromatic rings. The summed E-state index contributed by atoms with van der Waals surface area (Å²) in [4.78, 5) is 44.6. The predicted molar refractivity (Wildman–Crippen MR) is 115 cm³/mol. The Labute approximate surface area is 174 Å². The van der Waals surface area contributed by atoms with Gasteiger partial charge in [0.05, 0.1) is 13.1 Å². The van der Waals surface area contributed by atoms with E-state index in [1.54, 1.807) is 25.4 Å². The Bertz CT molecular complexity index is 1130. The first kappa shape index (κ1) is 20.3. The van der Waals surface area contributed by atoms with Crippen LogP contribution < -0.4 is 27.2 Å². The lowest BCUT2D eigenvalue weighted by Crippen LogP contribution is -2.39. The van der Waals surface area contributed by atoms with E-state index in [-0.39, 0.29) is 30.5 Å². The normalized spacial score (nSPS) is 10.6. The third kappa shape index (κ3) is 4.91. The van der Waals surface area contributed by atoms with Crippen molar-refractivity contribution in [3.63, 3.8) is 0 Å². The molecule has 2 heterocycles. The highest BCUT2D eigenvalue weighted by Gasteiger charge is 2.18. The van der Waals surface area contributed by atoms with E-state index in [9.17, 15) is 14.4 Å². The fourth-order valence-electron chi connectivity index (χ4n) is 2.80. The Morgan fingerprint density at radius 1 is 1.24 bits per heavy atom. The summed E-state index contributed by atoms with van der Waals surface area (Å²) >= 11 is 3.27. The number of anilines is 3. The third-order valence-corrected chi connectivity index (χ3v) is 4.62. The standard InChI is InChI=1S/C19H19BrN6O3/c1-25(11-15(27)23-14-8-7-13(20)9-22-14)16-17(21)26(19(29)24-18(16)28)10-12-5-3-2-4-6-12/h2-9H,10-11,21H2,1H3,(H,22,23,27)(H,24,28,29). The summed E-state index contributed by atoms with van der Waals surface area (Å²) in [7, 11) is 1.55. The summed E-state index contributed by atoms with van der Waals surface area (Å²) in [5.74, 6) is -0.0240. The number of carbonyl (C=O) groups is 1. The SMILES string of the molecule is CN(CC(=O)Nc1ccc(Br)cn1)c1c(N)n(Cc2ccccc2)c(=O)[nH]c1=O. The van der Waals surface area contributed by atoms with Crippen LogP contribution in [0.5, 0.6) is 0 Å². The van der Waals surface area contributed by atoms with Gasteiger partial charge < -0.3 is 16.0 Å². The number of nitrogen functional groups attached to an aromatic ring is 1. The van der Waals surface area contributed by atoms with Gasteiger partial charge in [0, 0.05) is 17.7 Å². The number of benzene rings is 1. The van der Waals surface area contributed by atoms with Crippen LogP contribution in [0.2, 0.25) is 0 Å². The predicted octanol–water partition coefficient (Wildman–Crippen LogP) is 1.40. The van der Waals surface area contributed by atoms with Crippen molar-refractivity contribution >= 4 is 39.2 Å². The molecule has 10 heteroatoms. The van der Waals surface area contributed by atoms with Crippen molar-refractivity contribution < 1.29 is 4.79 Å². The van der Waals surface area contributed by atoms with Crippen molar-refractivity contribution in [1.29, 1.82) is 0 Å². The zero-order valence-corrected chi connectivity index (χ0v) is 17.1. The van der Waals surface area contributed by atoms with Crippen LogP contribution in [-0.2, 0) is 11.3 Å². The van der Waals surface area contributed by atoms with Gasteiger partial charge in [-0.1, -0.05) is 30.3 Å². The van der Waals surface area contributed by atoms with Crippen LogP contribution in [0.1, 0.15) is 5.56 Å². The summed E-state index contributed by atoms with van der Waals surface area (Å²) in [5, 5.41) is 2.64. The molecule has 0 saturated carbocycles. The zero-order chi connectivity index (χ0) is 21.0. The Hall–Kier alpha value is -3.40. The second kappa shape index (κ2) is 8.74. The van der Waals surface area contributed by atoms with E-state index in [1.807, 2.05) is 30.3 Å². The summed E-state index contributed by atoms with van der Waals surface area (Å²) in [6, 6.07) is 12.6. The summed E-state index contributed by atoms with van der Waals surface area (Å²) in [6.07, 6.45) is 1.56. The van der Waals surface area contributed by atoms with Crippen LogP contribution in [0.3, 0.4) is 0 Å². The number of aromatic amines is 1. The highest BCUT2D eigenvalue weighted by molar-refractivity contribution is 9.10. The number of hydrogen-bond acceptors (Lipinski definition) is 6. The van der Waals surface area contributed by atoms with Gasteiger partial charge in [-0.3, -0.25) is 19.1 Å². The first-order valence-electron chi connectivity index (χ1n) is 8.64. The number of aromatic nitrogens is 3.